The van der Waals surface area contributed by atoms with E-state index in [1.807, 2.05) is 23.9 Å². The first-order chi connectivity index (χ1) is 7.47. The SMILES string of the molecule is CC(CCn1cccn1)NCCS(C)(=O)=O. The summed E-state index contributed by atoms with van der Waals surface area (Å²) < 4.78 is 23.7. The molecule has 0 saturated carbocycles. The van der Waals surface area contributed by atoms with Gasteiger partial charge < -0.3 is 5.32 Å². The lowest BCUT2D eigenvalue weighted by molar-refractivity contribution is 0.467. The summed E-state index contributed by atoms with van der Waals surface area (Å²) >= 11 is 0. The topological polar surface area (TPSA) is 64.0 Å². The Morgan fingerprint density at radius 1 is 1.50 bits per heavy atom. The molecule has 0 radical (unpaired) electrons. The van der Waals surface area contributed by atoms with Crippen molar-refractivity contribution in [2.24, 2.45) is 0 Å². The lowest BCUT2D eigenvalue weighted by Gasteiger charge is -2.13. The Labute approximate surface area is 96.8 Å². The molecule has 1 aromatic rings. The van der Waals surface area contributed by atoms with E-state index in [2.05, 4.69) is 10.4 Å². The van der Waals surface area contributed by atoms with E-state index in [4.69, 9.17) is 0 Å². The Hall–Kier alpha value is -0.880. The van der Waals surface area contributed by atoms with Crippen molar-refractivity contribution in [1.82, 2.24) is 15.1 Å². The molecule has 1 atom stereocenters. The molecule has 1 rings (SSSR count). The first-order valence-electron chi connectivity index (χ1n) is 5.36. The van der Waals surface area contributed by atoms with E-state index in [-0.39, 0.29) is 5.75 Å². The highest BCUT2D eigenvalue weighted by molar-refractivity contribution is 7.90. The predicted octanol–water partition coefficient (Wildman–Crippen LogP) is 0.296. The maximum Gasteiger partial charge on any atom is 0.148 e. The van der Waals surface area contributed by atoms with Crippen molar-refractivity contribution in [3.63, 3.8) is 0 Å². The van der Waals surface area contributed by atoms with Gasteiger partial charge in [-0.2, -0.15) is 5.10 Å². The van der Waals surface area contributed by atoms with E-state index >= 15 is 0 Å². The van der Waals surface area contributed by atoms with Crippen LogP contribution in [0.4, 0.5) is 0 Å². The molecular weight excluding hydrogens is 226 g/mol. The number of aromatic nitrogens is 2. The molecule has 92 valence electrons. The standard InChI is InChI=1S/C10H19N3O2S/c1-10(11-6-9-16(2,14)15)4-8-13-7-3-5-12-13/h3,5,7,10-11H,4,6,8-9H2,1-2H3. The number of nitrogens with zero attached hydrogens (tertiary/aromatic N) is 2. The van der Waals surface area contributed by atoms with Crippen LogP contribution in [0.1, 0.15) is 13.3 Å². The van der Waals surface area contributed by atoms with Crippen LogP contribution in [0.3, 0.4) is 0 Å². The summed E-state index contributed by atoms with van der Waals surface area (Å²) in [4.78, 5) is 0. The van der Waals surface area contributed by atoms with Crippen molar-refractivity contribution in [2.45, 2.75) is 25.9 Å². The van der Waals surface area contributed by atoms with Crippen LogP contribution >= 0.6 is 0 Å². The van der Waals surface area contributed by atoms with Crippen LogP contribution in [-0.2, 0) is 16.4 Å². The molecular formula is C10H19N3O2S. The van der Waals surface area contributed by atoms with Crippen molar-refractivity contribution in [2.75, 3.05) is 18.6 Å². The maximum atomic E-state index is 10.9. The lowest BCUT2D eigenvalue weighted by atomic mass is 10.2. The van der Waals surface area contributed by atoms with Gasteiger partial charge in [0.25, 0.3) is 0 Å². The average molecular weight is 245 g/mol. The number of aryl methyl sites for hydroxylation is 1. The summed E-state index contributed by atoms with van der Waals surface area (Å²) in [5.74, 6) is 0.194. The summed E-state index contributed by atoms with van der Waals surface area (Å²) in [7, 11) is -2.86. The van der Waals surface area contributed by atoms with E-state index in [0.717, 1.165) is 13.0 Å². The van der Waals surface area contributed by atoms with Crippen LogP contribution in [0.5, 0.6) is 0 Å². The van der Waals surface area contributed by atoms with Gasteiger partial charge in [0.05, 0.1) is 5.75 Å². The Kier molecular flexibility index (Phi) is 4.95. The largest absolute Gasteiger partial charge is 0.313 e. The van der Waals surface area contributed by atoms with E-state index < -0.39 is 9.84 Å². The van der Waals surface area contributed by atoms with Gasteiger partial charge in [-0.15, -0.1) is 0 Å². The Morgan fingerprint density at radius 2 is 2.25 bits per heavy atom. The third kappa shape index (κ3) is 5.87. The van der Waals surface area contributed by atoms with Crippen LogP contribution in [0.25, 0.3) is 0 Å². The van der Waals surface area contributed by atoms with Gasteiger partial charge in [-0.3, -0.25) is 4.68 Å². The van der Waals surface area contributed by atoms with Gasteiger partial charge in [0.15, 0.2) is 0 Å². The van der Waals surface area contributed by atoms with E-state index in [0.29, 0.717) is 12.6 Å². The van der Waals surface area contributed by atoms with Crippen LogP contribution in [0.2, 0.25) is 0 Å². The third-order valence-corrected chi connectivity index (χ3v) is 3.26. The molecule has 0 bridgehead atoms. The number of hydrogen-bond donors (Lipinski definition) is 1. The normalized spacial score (nSPS) is 13.9. The zero-order chi connectivity index (χ0) is 12.0. The van der Waals surface area contributed by atoms with Gasteiger partial charge in [0, 0.05) is 37.8 Å². The molecule has 1 N–H and O–H groups in total. The first-order valence-corrected chi connectivity index (χ1v) is 7.42. The smallest absolute Gasteiger partial charge is 0.148 e. The second-order valence-electron chi connectivity index (χ2n) is 4.04. The summed E-state index contributed by atoms with van der Waals surface area (Å²) in [6.45, 7) is 3.41. The molecule has 0 aliphatic rings. The molecule has 0 aliphatic heterocycles. The summed E-state index contributed by atoms with van der Waals surface area (Å²) in [5.41, 5.74) is 0. The molecule has 0 amide bonds. The molecule has 1 heterocycles. The number of hydrogen-bond acceptors (Lipinski definition) is 4. The molecule has 0 saturated heterocycles. The molecule has 0 aromatic carbocycles. The molecule has 16 heavy (non-hydrogen) atoms. The van der Waals surface area contributed by atoms with E-state index in [1.54, 1.807) is 6.20 Å². The third-order valence-electron chi connectivity index (χ3n) is 2.32. The highest BCUT2D eigenvalue weighted by atomic mass is 32.2. The first kappa shape index (κ1) is 13.2. The van der Waals surface area contributed by atoms with Crippen LogP contribution in [0.15, 0.2) is 18.5 Å². The number of rotatable bonds is 7. The minimum Gasteiger partial charge on any atom is -0.313 e. The molecule has 1 aromatic heterocycles. The van der Waals surface area contributed by atoms with E-state index in [9.17, 15) is 8.42 Å². The fourth-order valence-electron chi connectivity index (χ4n) is 1.35. The van der Waals surface area contributed by atoms with Crippen molar-refractivity contribution in [3.8, 4) is 0 Å². The molecule has 0 fully saturated rings. The Morgan fingerprint density at radius 3 is 2.81 bits per heavy atom. The Bertz CT molecular complexity index is 386. The lowest BCUT2D eigenvalue weighted by Crippen LogP contribution is -2.31. The van der Waals surface area contributed by atoms with Gasteiger partial charge in [0.2, 0.25) is 0 Å². The molecule has 5 nitrogen and oxygen atoms in total. The number of sulfone groups is 1. The fourth-order valence-corrected chi connectivity index (χ4v) is 1.84. The Balaban J connectivity index is 2.14. The second kappa shape index (κ2) is 6.00. The van der Waals surface area contributed by atoms with Crippen molar-refractivity contribution >= 4 is 9.84 Å². The van der Waals surface area contributed by atoms with Crippen molar-refractivity contribution in [1.29, 1.82) is 0 Å². The monoisotopic (exact) mass is 245 g/mol. The zero-order valence-corrected chi connectivity index (χ0v) is 10.6. The number of nitrogens with one attached hydrogen (secondary N) is 1. The van der Waals surface area contributed by atoms with E-state index in [1.165, 1.54) is 6.26 Å². The van der Waals surface area contributed by atoms with Crippen LogP contribution in [0, 0.1) is 0 Å². The summed E-state index contributed by atoms with van der Waals surface area (Å²) in [6.07, 6.45) is 5.86. The minimum absolute atomic E-state index is 0.194. The van der Waals surface area contributed by atoms with Gasteiger partial charge in [-0.1, -0.05) is 0 Å². The van der Waals surface area contributed by atoms with Gasteiger partial charge >= 0.3 is 0 Å². The average Bonchev–Trinajstić information content (AvgIpc) is 2.65. The quantitative estimate of drug-likeness (QED) is 0.750. The molecule has 0 spiro atoms. The van der Waals surface area contributed by atoms with Gasteiger partial charge in [0.1, 0.15) is 9.84 Å². The fraction of sp³-hybridized carbons (Fsp3) is 0.700. The van der Waals surface area contributed by atoms with Crippen molar-refractivity contribution < 1.29 is 8.42 Å². The highest BCUT2D eigenvalue weighted by Crippen LogP contribution is 1.95. The van der Waals surface area contributed by atoms with Crippen molar-refractivity contribution in [3.05, 3.63) is 18.5 Å². The minimum atomic E-state index is -2.86. The molecule has 1 unspecified atom stereocenters. The maximum absolute atomic E-state index is 10.9. The highest BCUT2D eigenvalue weighted by Gasteiger charge is 2.05. The predicted molar refractivity (Wildman–Crippen MR) is 64.0 cm³/mol. The van der Waals surface area contributed by atoms with Crippen LogP contribution in [-0.4, -0.2) is 42.8 Å². The summed E-state index contributed by atoms with van der Waals surface area (Å²) in [6, 6.07) is 2.19. The molecule has 0 aliphatic carbocycles. The van der Waals surface area contributed by atoms with Crippen LogP contribution < -0.4 is 5.32 Å². The van der Waals surface area contributed by atoms with Gasteiger partial charge in [-0.05, 0) is 19.4 Å². The van der Waals surface area contributed by atoms with Gasteiger partial charge in [-0.25, -0.2) is 8.42 Å². The molecule has 6 heteroatoms. The second-order valence-corrected chi connectivity index (χ2v) is 6.30. The summed E-state index contributed by atoms with van der Waals surface area (Å²) in [5, 5.41) is 7.28. The zero-order valence-electron chi connectivity index (χ0n) is 9.76.